The van der Waals surface area contributed by atoms with Crippen molar-refractivity contribution in [1.82, 2.24) is 9.97 Å². The van der Waals surface area contributed by atoms with Crippen molar-refractivity contribution in [3.8, 4) is 0 Å². The Morgan fingerprint density at radius 2 is 2.18 bits per heavy atom. The van der Waals surface area contributed by atoms with Gasteiger partial charge in [-0.1, -0.05) is 20.8 Å². The summed E-state index contributed by atoms with van der Waals surface area (Å²) in [5.74, 6) is 0.229. The van der Waals surface area contributed by atoms with Crippen LogP contribution in [0.1, 0.15) is 50.1 Å². The molecule has 0 aliphatic carbocycles. The van der Waals surface area contributed by atoms with Crippen molar-refractivity contribution in [2.24, 2.45) is 5.41 Å². The molecule has 17 heavy (non-hydrogen) atoms. The zero-order chi connectivity index (χ0) is 13.1. The van der Waals surface area contributed by atoms with Gasteiger partial charge in [-0.15, -0.1) is 0 Å². The number of rotatable bonds is 4. The topological polar surface area (TPSA) is 64.2 Å². The Morgan fingerprint density at radius 1 is 1.53 bits per heavy atom. The van der Waals surface area contributed by atoms with Gasteiger partial charge in [-0.3, -0.25) is 0 Å². The summed E-state index contributed by atoms with van der Waals surface area (Å²) in [7, 11) is 1.34. The molecule has 1 rings (SSSR count). The molecule has 1 aromatic rings. The minimum Gasteiger partial charge on any atom is -0.464 e. The van der Waals surface area contributed by atoms with E-state index in [1.807, 2.05) is 6.92 Å². The van der Waals surface area contributed by atoms with Crippen LogP contribution in [0, 0.1) is 5.41 Å². The number of esters is 1. The Kier molecular flexibility index (Phi) is 4.28. The number of aromatic nitrogens is 2. The van der Waals surface area contributed by atoms with Gasteiger partial charge in [0.05, 0.1) is 13.3 Å². The number of nitrogens with one attached hydrogen (secondary N) is 1. The molecular weight excluding hydrogens is 220 g/mol. The summed E-state index contributed by atoms with van der Waals surface area (Å²) >= 11 is 0. The highest BCUT2D eigenvalue weighted by atomic mass is 16.5. The predicted molar refractivity (Wildman–Crippen MR) is 63.7 cm³/mol. The van der Waals surface area contributed by atoms with Crippen LogP contribution in [0.2, 0.25) is 0 Å². The van der Waals surface area contributed by atoms with E-state index >= 15 is 0 Å². The number of ether oxygens (including phenoxy) is 2. The van der Waals surface area contributed by atoms with Crippen LogP contribution in [0.3, 0.4) is 0 Å². The van der Waals surface area contributed by atoms with Crippen molar-refractivity contribution in [1.29, 1.82) is 0 Å². The second kappa shape index (κ2) is 5.31. The number of H-pyrrole nitrogens is 1. The van der Waals surface area contributed by atoms with Crippen molar-refractivity contribution in [2.75, 3.05) is 13.7 Å². The summed E-state index contributed by atoms with van der Waals surface area (Å²) in [6.45, 7) is 8.72. The van der Waals surface area contributed by atoms with Gasteiger partial charge in [0.1, 0.15) is 17.6 Å². The Labute approximate surface area is 102 Å². The summed E-state index contributed by atoms with van der Waals surface area (Å²) in [4.78, 5) is 18.5. The minimum atomic E-state index is -0.423. The maximum atomic E-state index is 11.3. The number of nitrogens with zero attached hydrogens (tertiary/aromatic N) is 1. The second-order valence-electron chi connectivity index (χ2n) is 4.88. The van der Waals surface area contributed by atoms with Crippen LogP contribution in [0.15, 0.2) is 6.20 Å². The molecule has 1 heterocycles. The number of hydrogen-bond acceptors (Lipinski definition) is 4. The van der Waals surface area contributed by atoms with Crippen LogP contribution in [-0.4, -0.2) is 29.7 Å². The van der Waals surface area contributed by atoms with Crippen LogP contribution >= 0.6 is 0 Å². The van der Waals surface area contributed by atoms with Gasteiger partial charge in [-0.2, -0.15) is 0 Å². The van der Waals surface area contributed by atoms with Gasteiger partial charge in [0.15, 0.2) is 0 Å². The van der Waals surface area contributed by atoms with E-state index in [0.29, 0.717) is 18.1 Å². The van der Waals surface area contributed by atoms with E-state index in [4.69, 9.17) is 4.74 Å². The maximum Gasteiger partial charge on any atom is 0.356 e. The van der Waals surface area contributed by atoms with Crippen molar-refractivity contribution < 1.29 is 14.3 Å². The van der Waals surface area contributed by atoms with E-state index in [9.17, 15) is 4.79 Å². The first-order valence-corrected chi connectivity index (χ1v) is 5.65. The molecule has 0 spiro atoms. The largest absolute Gasteiger partial charge is 0.464 e. The number of carbonyl (C=O) groups excluding carboxylic acids is 1. The lowest BCUT2D eigenvalue weighted by Crippen LogP contribution is -2.22. The van der Waals surface area contributed by atoms with Crippen LogP contribution < -0.4 is 0 Å². The number of aromatic amines is 1. The quantitative estimate of drug-likeness (QED) is 0.820. The molecule has 0 saturated heterocycles. The van der Waals surface area contributed by atoms with Crippen molar-refractivity contribution in [3.63, 3.8) is 0 Å². The molecule has 0 fully saturated rings. The van der Waals surface area contributed by atoms with Crippen LogP contribution in [-0.2, 0) is 9.47 Å². The summed E-state index contributed by atoms with van der Waals surface area (Å²) in [6.07, 6.45) is 1.30. The van der Waals surface area contributed by atoms with E-state index in [2.05, 4.69) is 35.5 Å². The van der Waals surface area contributed by atoms with Crippen LogP contribution in [0.4, 0.5) is 0 Å². The molecular formula is C12H20N2O3. The molecule has 5 nitrogen and oxygen atoms in total. The summed E-state index contributed by atoms with van der Waals surface area (Å²) < 4.78 is 10.3. The molecule has 0 aliphatic heterocycles. The zero-order valence-electron chi connectivity index (χ0n) is 11.0. The number of imidazole rings is 1. The van der Waals surface area contributed by atoms with Gasteiger partial charge in [0, 0.05) is 6.61 Å². The monoisotopic (exact) mass is 240 g/mol. The molecule has 1 aromatic heterocycles. The van der Waals surface area contributed by atoms with E-state index in [-0.39, 0.29) is 11.5 Å². The predicted octanol–water partition coefficient (Wildman–Crippen LogP) is 2.32. The summed E-state index contributed by atoms with van der Waals surface area (Å²) in [5.41, 5.74) is 0.248. The fourth-order valence-corrected chi connectivity index (χ4v) is 1.59. The van der Waals surface area contributed by atoms with Crippen LogP contribution in [0.5, 0.6) is 0 Å². The van der Waals surface area contributed by atoms with E-state index < -0.39 is 5.97 Å². The summed E-state index contributed by atoms with van der Waals surface area (Å²) in [5, 5.41) is 0. The molecule has 0 bridgehead atoms. The fraction of sp³-hybridized carbons (Fsp3) is 0.667. The highest BCUT2D eigenvalue weighted by molar-refractivity contribution is 5.86. The fourth-order valence-electron chi connectivity index (χ4n) is 1.59. The third-order valence-corrected chi connectivity index (χ3v) is 2.37. The van der Waals surface area contributed by atoms with Gasteiger partial charge < -0.3 is 14.5 Å². The Bertz CT molecular complexity index is 379. The lowest BCUT2D eigenvalue weighted by atomic mass is 9.88. The Morgan fingerprint density at radius 3 is 2.65 bits per heavy atom. The highest BCUT2D eigenvalue weighted by Gasteiger charge is 2.29. The van der Waals surface area contributed by atoms with Gasteiger partial charge in [-0.25, -0.2) is 9.78 Å². The first kappa shape index (κ1) is 13.7. The van der Waals surface area contributed by atoms with Gasteiger partial charge in [-0.05, 0) is 12.3 Å². The first-order valence-electron chi connectivity index (χ1n) is 5.65. The standard InChI is InChI=1S/C12H20N2O3/c1-6-17-9(12(2,3)4)10-13-7-8(14-10)11(15)16-5/h7,9H,6H2,1-5H3,(H,13,14). The molecule has 0 amide bonds. The molecule has 0 aliphatic rings. The summed E-state index contributed by atoms with van der Waals surface area (Å²) in [6, 6.07) is 0. The minimum absolute atomic E-state index is 0.0960. The molecule has 0 saturated carbocycles. The number of methoxy groups -OCH3 is 1. The molecule has 1 atom stereocenters. The maximum absolute atomic E-state index is 11.3. The smallest absolute Gasteiger partial charge is 0.356 e. The first-order chi connectivity index (χ1) is 7.90. The Hall–Kier alpha value is -1.36. The zero-order valence-corrected chi connectivity index (χ0v) is 11.0. The molecule has 1 N–H and O–H groups in total. The average Bonchev–Trinajstić information content (AvgIpc) is 2.72. The highest BCUT2D eigenvalue weighted by Crippen LogP contribution is 2.34. The van der Waals surface area contributed by atoms with Crippen molar-refractivity contribution in [3.05, 3.63) is 17.7 Å². The second-order valence-corrected chi connectivity index (χ2v) is 4.88. The van der Waals surface area contributed by atoms with Gasteiger partial charge in [0.25, 0.3) is 0 Å². The number of hydrogen-bond donors (Lipinski definition) is 1. The average molecular weight is 240 g/mol. The Balaban J connectivity index is 2.96. The molecule has 0 aromatic carbocycles. The van der Waals surface area contributed by atoms with Crippen molar-refractivity contribution >= 4 is 5.97 Å². The lowest BCUT2D eigenvalue weighted by molar-refractivity contribution is -0.0186. The van der Waals surface area contributed by atoms with Gasteiger partial charge >= 0.3 is 5.97 Å². The normalized spacial score (nSPS) is 13.5. The molecule has 0 radical (unpaired) electrons. The van der Waals surface area contributed by atoms with Crippen LogP contribution in [0.25, 0.3) is 0 Å². The lowest BCUT2D eigenvalue weighted by Gasteiger charge is -2.28. The van der Waals surface area contributed by atoms with E-state index in [1.54, 1.807) is 0 Å². The number of carbonyl (C=O) groups is 1. The molecule has 5 heteroatoms. The third kappa shape index (κ3) is 3.30. The molecule has 96 valence electrons. The SMILES string of the molecule is CCOC(c1ncc(C(=O)OC)[nH]1)C(C)(C)C. The van der Waals surface area contributed by atoms with E-state index in [1.165, 1.54) is 13.3 Å². The third-order valence-electron chi connectivity index (χ3n) is 2.37. The van der Waals surface area contributed by atoms with E-state index in [0.717, 1.165) is 0 Å². The van der Waals surface area contributed by atoms with Crippen molar-refractivity contribution in [2.45, 2.75) is 33.8 Å². The molecule has 1 unspecified atom stereocenters. The van der Waals surface area contributed by atoms with Gasteiger partial charge in [0.2, 0.25) is 0 Å².